The maximum Gasteiger partial charge on any atom is 0.214 e. The Morgan fingerprint density at radius 3 is 2.91 bits per heavy atom. The number of carbonyl (C=O) groups excluding carboxylic acids is 1. The SMILES string of the molecule is Cc1nn(C2(CC#N)CCC2)c(C)c1-c1ccnc(O[C@@H]2CCN(C3=C(Cl)C(=O)CN=C3)C2)c1. The third-order valence-corrected chi connectivity index (χ3v) is 7.55. The number of allylic oxidation sites excluding steroid dienone is 1. The van der Waals surface area contributed by atoms with E-state index in [0.717, 1.165) is 54.7 Å². The van der Waals surface area contributed by atoms with Crippen LogP contribution in [0.15, 0.2) is 34.1 Å². The minimum atomic E-state index is -0.179. The Bertz CT molecular complexity index is 1240. The van der Waals surface area contributed by atoms with Gasteiger partial charge in [0.25, 0.3) is 0 Å². The number of nitrogens with zero attached hydrogens (tertiary/aromatic N) is 6. The minimum Gasteiger partial charge on any atom is -0.472 e. The molecule has 0 amide bonds. The summed E-state index contributed by atoms with van der Waals surface area (Å²) in [6.07, 6.45) is 7.75. The second-order valence-corrected chi connectivity index (χ2v) is 9.70. The minimum absolute atomic E-state index is 0.0658. The van der Waals surface area contributed by atoms with Gasteiger partial charge in [-0.25, -0.2) is 4.98 Å². The number of rotatable bonds is 6. The molecule has 176 valence electrons. The van der Waals surface area contributed by atoms with E-state index in [0.29, 0.717) is 24.5 Å². The van der Waals surface area contributed by atoms with Crippen molar-refractivity contribution in [2.75, 3.05) is 19.6 Å². The Morgan fingerprint density at radius 2 is 2.18 bits per heavy atom. The molecule has 8 nitrogen and oxygen atoms in total. The molecule has 0 N–H and O–H groups in total. The Kier molecular flexibility index (Phi) is 5.90. The Morgan fingerprint density at radius 1 is 1.35 bits per heavy atom. The topological polar surface area (TPSA) is 96.4 Å². The highest BCUT2D eigenvalue weighted by Crippen LogP contribution is 2.44. The smallest absolute Gasteiger partial charge is 0.214 e. The van der Waals surface area contributed by atoms with Gasteiger partial charge in [-0.05, 0) is 44.7 Å². The molecule has 0 aromatic carbocycles. The molecule has 2 aromatic heterocycles. The van der Waals surface area contributed by atoms with Gasteiger partial charge in [0.2, 0.25) is 5.88 Å². The van der Waals surface area contributed by atoms with Crippen molar-refractivity contribution in [1.29, 1.82) is 5.26 Å². The predicted molar refractivity (Wildman–Crippen MR) is 129 cm³/mol. The van der Waals surface area contributed by atoms with Crippen molar-refractivity contribution >= 4 is 23.6 Å². The lowest BCUT2D eigenvalue weighted by atomic mass is 9.74. The third-order valence-electron chi connectivity index (χ3n) is 7.15. The van der Waals surface area contributed by atoms with E-state index in [1.54, 1.807) is 12.4 Å². The molecule has 0 unspecified atom stereocenters. The molecule has 9 heteroatoms. The van der Waals surface area contributed by atoms with E-state index < -0.39 is 0 Å². The highest BCUT2D eigenvalue weighted by Gasteiger charge is 2.41. The lowest BCUT2D eigenvalue weighted by Crippen LogP contribution is -2.41. The molecule has 34 heavy (non-hydrogen) atoms. The lowest BCUT2D eigenvalue weighted by molar-refractivity contribution is -0.113. The first kappa shape index (κ1) is 22.6. The van der Waals surface area contributed by atoms with Crippen LogP contribution in [0.25, 0.3) is 11.1 Å². The number of pyridine rings is 1. The van der Waals surface area contributed by atoms with Crippen LogP contribution < -0.4 is 4.74 Å². The normalized spacial score (nSPS) is 21.5. The van der Waals surface area contributed by atoms with E-state index in [1.165, 1.54) is 0 Å². The summed E-state index contributed by atoms with van der Waals surface area (Å²) >= 11 is 6.23. The summed E-state index contributed by atoms with van der Waals surface area (Å²) in [5.74, 6) is 0.405. The molecule has 1 aliphatic carbocycles. The van der Waals surface area contributed by atoms with Crippen LogP contribution in [-0.2, 0) is 10.3 Å². The van der Waals surface area contributed by atoms with Gasteiger partial charge in [-0.3, -0.25) is 14.5 Å². The van der Waals surface area contributed by atoms with Crippen LogP contribution in [0.2, 0.25) is 0 Å². The summed E-state index contributed by atoms with van der Waals surface area (Å²) in [6.45, 7) is 5.55. The van der Waals surface area contributed by atoms with Gasteiger partial charge in [-0.1, -0.05) is 11.6 Å². The van der Waals surface area contributed by atoms with Crippen LogP contribution in [0.3, 0.4) is 0 Å². The highest BCUT2D eigenvalue weighted by molar-refractivity contribution is 6.44. The quantitative estimate of drug-likeness (QED) is 0.624. The number of likely N-dealkylation sites (tertiary alicyclic amines) is 1. The molecule has 1 atom stereocenters. The number of hydrogen-bond acceptors (Lipinski definition) is 7. The van der Waals surface area contributed by atoms with Gasteiger partial charge < -0.3 is 9.64 Å². The first-order chi connectivity index (χ1) is 16.4. The number of carbonyl (C=O) groups is 1. The average molecular weight is 479 g/mol. The zero-order valence-corrected chi connectivity index (χ0v) is 20.2. The van der Waals surface area contributed by atoms with E-state index in [-0.39, 0.29) is 29.0 Å². The van der Waals surface area contributed by atoms with Crippen LogP contribution in [0.1, 0.15) is 43.5 Å². The second kappa shape index (κ2) is 8.88. The summed E-state index contributed by atoms with van der Waals surface area (Å²) in [6, 6.07) is 6.29. The van der Waals surface area contributed by atoms with Crippen LogP contribution in [-0.4, -0.2) is 57.4 Å². The van der Waals surface area contributed by atoms with Crippen molar-refractivity contribution in [2.24, 2.45) is 4.99 Å². The Labute approximate surface area is 203 Å². The molecular weight excluding hydrogens is 452 g/mol. The van der Waals surface area contributed by atoms with E-state index >= 15 is 0 Å². The molecule has 0 spiro atoms. The van der Waals surface area contributed by atoms with E-state index in [9.17, 15) is 10.1 Å². The van der Waals surface area contributed by atoms with Crippen LogP contribution in [0, 0.1) is 25.2 Å². The number of aromatic nitrogens is 3. The zero-order valence-electron chi connectivity index (χ0n) is 19.4. The fraction of sp³-hybridized carbons (Fsp3) is 0.480. The largest absolute Gasteiger partial charge is 0.472 e. The van der Waals surface area contributed by atoms with Crippen molar-refractivity contribution in [3.05, 3.63) is 40.4 Å². The van der Waals surface area contributed by atoms with Crippen molar-refractivity contribution in [1.82, 2.24) is 19.7 Å². The van der Waals surface area contributed by atoms with Crippen molar-refractivity contribution < 1.29 is 9.53 Å². The van der Waals surface area contributed by atoms with E-state index in [1.807, 2.05) is 24.0 Å². The molecular formula is C25H27ClN6O2. The van der Waals surface area contributed by atoms with Gasteiger partial charge >= 0.3 is 0 Å². The number of ether oxygens (including phenoxy) is 1. The Balaban J connectivity index is 1.35. The molecule has 2 fully saturated rings. The van der Waals surface area contributed by atoms with Crippen molar-refractivity contribution in [3.63, 3.8) is 0 Å². The second-order valence-electron chi connectivity index (χ2n) is 9.32. The predicted octanol–water partition coefficient (Wildman–Crippen LogP) is 3.91. The molecule has 2 aliphatic heterocycles. The molecule has 0 bridgehead atoms. The summed E-state index contributed by atoms with van der Waals surface area (Å²) in [5.41, 5.74) is 4.57. The maximum absolute atomic E-state index is 11.9. The number of dihydropyridines is 1. The molecule has 5 rings (SSSR count). The van der Waals surface area contributed by atoms with Gasteiger partial charge in [-0.15, -0.1) is 0 Å². The van der Waals surface area contributed by atoms with E-state index in [2.05, 4.69) is 27.7 Å². The summed E-state index contributed by atoms with van der Waals surface area (Å²) in [4.78, 5) is 22.5. The third kappa shape index (κ3) is 3.88. The van der Waals surface area contributed by atoms with Gasteiger partial charge in [0.15, 0.2) is 5.78 Å². The van der Waals surface area contributed by atoms with Crippen molar-refractivity contribution in [2.45, 2.75) is 57.6 Å². The average Bonchev–Trinajstić information content (AvgIpc) is 3.37. The molecule has 4 heterocycles. The fourth-order valence-corrected chi connectivity index (χ4v) is 5.49. The number of nitriles is 1. The van der Waals surface area contributed by atoms with Gasteiger partial charge in [0, 0.05) is 42.7 Å². The number of hydrogen-bond donors (Lipinski definition) is 0. The fourth-order valence-electron chi connectivity index (χ4n) is 5.27. The van der Waals surface area contributed by atoms with Crippen LogP contribution in [0.5, 0.6) is 5.88 Å². The van der Waals surface area contributed by atoms with E-state index in [4.69, 9.17) is 21.4 Å². The first-order valence-corrected chi connectivity index (χ1v) is 12.0. The highest BCUT2D eigenvalue weighted by atomic mass is 35.5. The van der Waals surface area contributed by atoms with Crippen LogP contribution in [0.4, 0.5) is 0 Å². The first-order valence-electron chi connectivity index (χ1n) is 11.7. The lowest BCUT2D eigenvalue weighted by Gasteiger charge is -2.41. The number of aliphatic imine (C=N–C) groups is 1. The number of ketones is 1. The maximum atomic E-state index is 11.9. The monoisotopic (exact) mass is 478 g/mol. The van der Waals surface area contributed by atoms with Crippen molar-refractivity contribution in [3.8, 4) is 23.1 Å². The van der Waals surface area contributed by atoms with Gasteiger partial charge in [0.1, 0.15) is 17.7 Å². The zero-order chi connectivity index (χ0) is 23.9. The molecule has 2 aromatic rings. The van der Waals surface area contributed by atoms with Gasteiger partial charge in [-0.2, -0.15) is 10.4 Å². The molecule has 1 saturated carbocycles. The summed E-state index contributed by atoms with van der Waals surface area (Å²) < 4.78 is 8.30. The molecule has 3 aliphatic rings. The Hall–Kier alpha value is -3.18. The standard InChI is InChI=1S/C25H27ClN6O2/c1-16-23(17(2)32(30-16)25(8-9-27)6-3-7-25)18-4-10-29-22(12-18)34-19-5-11-31(15-19)20-13-28-14-21(33)24(20)26/h4,10,12-13,19H,3,5-8,11,14-15H2,1-2H3/t19-/m1/s1. The molecule has 0 radical (unpaired) electrons. The van der Waals surface area contributed by atoms with Crippen LogP contribution >= 0.6 is 11.6 Å². The number of aryl methyl sites for hydroxylation is 1. The van der Waals surface area contributed by atoms with Gasteiger partial charge in [0.05, 0.1) is 36.0 Å². The number of Topliss-reactive ketones (excluding diaryl/α,β-unsaturated/α-hetero) is 1. The summed E-state index contributed by atoms with van der Waals surface area (Å²) in [5, 5.41) is 14.5. The summed E-state index contributed by atoms with van der Waals surface area (Å²) in [7, 11) is 0. The number of halogens is 1. The molecule has 1 saturated heterocycles.